The van der Waals surface area contributed by atoms with E-state index in [2.05, 4.69) is 26.3 Å². The number of carbonyl (C=O) groups excluding carboxylic acids is 1. The van der Waals surface area contributed by atoms with Crippen molar-refractivity contribution in [2.24, 2.45) is 0 Å². The highest BCUT2D eigenvalue weighted by atomic mass is 16.2. The predicted octanol–water partition coefficient (Wildman–Crippen LogP) is 2.08. The van der Waals surface area contributed by atoms with Crippen LogP contribution in [0.4, 0.5) is 0 Å². The third-order valence-corrected chi connectivity index (χ3v) is 5.41. The third-order valence-electron chi connectivity index (χ3n) is 5.41. The molecule has 1 aliphatic heterocycles. The van der Waals surface area contributed by atoms with Crippen LogP contribution in [0.2, 0.25) is 0 Å². The Morgan fingerprint density at radius 3 is 3.00 bits per heavy atom. The SMILES string of the molecule is CC(NCC1CCCn2ccnc21)C(=O)NC1(C#N)CCCCC1. The van der Waals surface area contributed by atoms with Gasteiger partial charge in [-0.3, -0.25) is 4.79 Å². The van der Waals surface area contributed by atoms with E-state index in [1.165, 1.54) is 0 Å². The molecule has 0 radical (unpaired) electrons. The van der Waals surface area contributed by atoms with Gasteiger partial charge in [0.25, 0.3) is 0 Å². The summed E-state index contributed by atoms with van der Waals surface area (Å²) in [5.74, 6) is 1.39. The lowest BCUT2D eigenvalue weighted by molar-refractivity contribution is -0.124. The first-order chi connectivity index (χ1) is 11.6. The summed E-state index contributed by atoms with van der Waals surface area (Å²) in [4.78, 5) is 17.0. The first kappa shape index (κ1) is 17.0. The number of aromatic nitrogens is 2. The average Bonchev–Trinajstić information content (AvgIpc) is 3.09. The maximum absolute atomic E-state index is 12.5. The van der Waals surface area contributed by atoms with Crippen LogP contribution in [-0.2, 0) is 11.3 Å². The average molecular weight is 329 g/mol. The molecule has 2 aliphatic rings. The Morgan fingerprint density at radius 1 is 1.46 bits per heavy atom. The minimum atomic E-state index is -0.660. The first-order valence-corrected chi connectivity index (χ1v) is 9.11. The molecule has 2 unspecified atom stereocenters. The van der Waals surface area contributed by atoms with Crippen molar-refractivity contribution in [3.8, 4) is 6.07 Å². The molecule has 2 atom stereocenters. The molecule has 130 valence electrons. The molecule has 6 heteroatoms. The normalized spacial score (nSPS) is 23.8. The molecule has 1 aromatic rings. The van der Waals surface area contributed by atoms with Gasteiger partial charge in [0.2, 0.25) is 5.91 Å². The van der Waals surface area contributed by atoms with E-state index < -0.39 is 5.54 Å². The quantitative estimate of drug-likeness (QED) is 0.866. The summed E-state index contributed by atoms with van der Waals surface area (Å²) in [7, 11) is 0. The Hall–Kier alpha value is -1.87. The summed E-state index contributed by atoms with van der Waals surface area (Å²) >= 11 is 0. The molecule has 1 aromatic heterocycles. The highest BCUT2D eigenvalue weighted by molar-refractivity contribution is 5.82. The van der Waals surface area contributed by atoms with E-state index in [9.17, 15) is 10.1 Å². The molecule has 1 fully saturated rings. The van der Waals surface area contributed by atoms with Gasteiger partial charge in [-0.25, -0.2) is 4.98 Å². The van der Waals surface area contributed by atoms with Crippen LogP contribution >= 0.6 is 0 Å². The lowest BCUT2D eigenvalue weighted by atomic mass is 9.82. The zero-order valence-electron chi connectivity index (χ0n) is 14.4. The molecule has 0 aromatic carbocycles. The number of nitrogens with zero attached hydrogens (tertiary/aromatic N) is 3. The number of imidazole rings is 1. The van der Waals surface area contributed by atoms with Crippen LogP contribution in [0.25, 0.3) is 0 Å². The van der Waals surface area contributed by atoms with Gasteiger partial charge >= 0.3 is 0 Å². The molecule has 6 nitrogen and oxygen atoms in total. The summed E-state index contributed by atoms with van der Waals surface area (Å²) in [6.07, 6.45) is 10.8. The van der Waals surface area contributed by atoms with Gasteiger partial charge in [0.05, 0.1) is 12.1 Å². The van der Waals surface area contributed by atoms with Crippen LogP contribution in [0.15, 0.2) is 12.4 Å². The Balaban J connectivity index is 1.53. The maximum atomic E-state index is 12.5. The van der Waals surface area contributed by atoms with Crippen molar-refractivity contribution in [1.29, 1.82) is 5.26 Å². The molecule has 1 saturated carbocycles. The van der Waals surface area contributed by atoms with Crippen molar-refractivity contribution in [2.45, 2.75) is 75.9 Å². The fourth-order valence-electron chi connectivity index (χ4n) is 3.88. The summed E-state index contributed by atoms with van der Waals surface area (Å²) in [6, 6.07) is 2.04. The Bertz CT molecular complexity index is 611. The third kappa shape index (κ3) is 3.62. The summed E-state index contributed by atoms with van der Waals surface area (Å²) < 4.78 is 2.20. The molecule has 2 N–H and O–H groups in total. The number of nitriles is 1. The largest absolute Gasteiger partial charge is 0.336 e. The second-order valence-electron chi connectivity index (χ2n) is 7.19. The molecule has 0 saturated heterocycles. The van der Waals surface area contributed by atoms with Gasteiger partial charge in [-0.1, -0.05) is 19.3 Å². The maximum Gasteiger partial charge on any atom is 0.238 e. The van der Waals surface area contributed by atoms with Crippen molar-refractivity contribution < 1.29 is 4.79 Å². The lowest BCUT2D eigenvalue weighted by Gasteiger charge is -2.33. The highest BCUT2D eigenvalue weighted by Gasteiger charge is 2.34. The van der Waals surface area contributed by atoms with Crippen molar-refractivity contribution in [3.05, 3.63) is 18.2 Å². The van der Waals surface area contributed by atoms with E-state index in [4.69, 9.17) is 0 Å². The minimum absolute atomic E-state index is 0.0717. The number of rotatable bonds is 5. The molecule has 1 amide bonds. The molecule has 2 heterocycles. The molecular weight excluding hydrogens is 302 g/mol. The monoisotopic (exact) mass is 329 g/mol. The summed E-state index contributed by atoms with van der Waals surface area (Å²) in [6.45, 7) is 3.65. The van der Waals surface area contributed by atoms with E-state index in [1.807, 2.05) is 19.3 Å². The molecule has 0 bridgehead atoms. The van der Waals surface area contributed by atoms with Gasteiger partial charge in [-0.05, 0) is 32.6 Å². The number of carbonyl (C=O) groups is 1. The van der Waals surface area contributed by atoms with Gasteiger partial charge < -0.3 is 15.2 Å². The van der Waals surface area contributed by atoms with Gasteiger partial charge in [0.1, 0.15) is 11.4 Å². The number of amides is 1. The lowest BCUT2D eigenvalue weighted by Crippen LogP contribution is -2.54. The van der Waals surface area contributed by atoms with Crippen molar-refractivity contribution >= 4 is 5.91 Å². The Morgan fingerprint density at radius 2 is 2.25 bits per heavy atom. The fraction of sp³-hybridized carbons (Fsp3) is 0.722. The summed E-state index contributed by atoms with van der Waals surface area (Å²) in [5, 5.41) is 15.8. The number of hydrogen-bond acceptors (Lipinski definition) is 4. The number of aryl methyl sites for hydroxylation is 1. The summed E-state index contributed by atoms with van der Waals surface area (Å²) in [5.41, 5.74) is -0.660. The minimum Gasteiger partial charge on any atom is -0.336 e. The van der Waals surface area contributed by atoms with E-state index in [-0.39, 0.29) is 11.9 Å². The number of fused-ring (bicyclic) bond motifs is 1. The second-order valence-corrected chi connectivity index (χ2v) is 7.19. The van der Waals surface area contributed by atoms with Crippen LogP contribution in [0.3, 0.4) is 0 Å². The van der Waals surface area contributed by atoms with Gasteiger partial charge in [0, 0.05) is 31.4 Å². The second kappa shape index (κ2) is 7.35. The predicted molar refractivity (Wildman–Crippen MR) is 91.2 cm³/mol. The smallest absolute Gasteiger partial charge is 0.238 e. The van der Waals surface area contributed by atoms with Crippen LogP contribution in [0.5, 0.6) is 0 Å². The molecule has 3 rings (SSSR count). The van der Waals surface area contributed by atoms with E-state index in [1.54, 1.807) is 0 Å². The molecule has 1 aliphatic carbocycles. The molecule has 0 spiro atoms. The van der Waals surface area contributed by atoms with Gasteiger partial charge in [0.15, 0.2) is 0 Å². The van der Waals surface area contributed by atoms with Crippen LogP contribution < -0.4 is 10.6 Å². The fourth-order valence-corrected chi connectivity index (χ4v) is 3.88. The number of hydrogen-bond donors (Lipinski definition) is 2. The highest BCUT2D eigenvalue weighted by Crippen LogP contribution is 2.28. The zero-order valence-corrected chi connectivity index (χ0v) is 14.4. The first-order valence-electron chi connectivity index (χ1n) is 9.11. The topological polar surface area (TPSA) is 82.7 Å². The van der Waals surface area contributed by atoms with Crippen LogP contribution in [-0.4, -0.2) is 33.6 Å². The van der Waals surface area contributed by atoms with Gasteiger partial charge in [-0.2, -0.15) is 5.26 Å². The van der Waals surface area contributed by atoms with E-state index >= 15 is 0 Å². The molecular formula is C18H27N5O. The van der Waals surface area contributed by atoms with Crippen LogP contribution in [0, 0.1) is 11.3 Å². The van der Waals surface area contributed by atoms with Crippen LogP contribution in [0.1, 0.15) is 63.6 Å². The van der Waals surface area contributed by atoms with E-state index in [0.717, 1.165) is 63.9 Å². The standard InChI is InChI=1S/C18H27N5O/c1-14(17(24)22-18(13-19)7-3-2-4-8-18)21-12-15-6-5-10-23-11-9-20-16(15)23/h9,11,14-15,21H,2-8,10,12H2,1H3,(H,22,24). The van der Waals surface area contributed by atoms with Crippen molar-refractivity contribution in [3.63, 3.8) is 0 Å². The van der Waals surface area contributed by atoms with Crippen molar-refractivity contribution in [2.75, 3.05) is 6.54 Å². The Kier molecular flexibility index (Phi) is 5.20. The van der Waals surface area contributed by atoms with Crippen molar-refractivity contribution in [1.82, 2.24) is 20.2 Å². The zero-order chi connectivity index (χ0) is 17.0. The van der Waals surface area contributed by atoms with Gasteiger partial charge in [-0.15, -0.1) is 0 Å². The number of nitrogens with one attached hydrogen (secondary N) is 2. The Labute approximate surface area is 143 Å². The van der Waals surface area contributed by atoms with E-state index in [0.29, 0.717) is 5.92 Å². The molecule has 24 heavy (non-hydrogen) atoms.